The summed E-state index contributed by atoms with van der Waals surface area (Å²) in [5.74, 6) is 0.204. The third-order valence-corrected chi connectivity index (χ3v) is 3.59. The highest BCUT2D eigenvalue weighted by Crippen LogP contribution is 2.27. The van der Waals surface area contributed by atoms with Crippen molar-refractivity contribution in [2.45, 2.75) is 44.8 Å². The molecular weight excluding hydrogens is 247 g/mol. The van der Waals surface area contributed by atoms with E-state index in [1.54, 1.807) is 11.9 Å². The second-order valence-electron chi connectivity index (χ2n) is 4.93. The zero-order valence-electron chi connectivity index (χ0n) is 11.4. The van der Waals surface area contributed by atoms with E-state index in [0.29, 0.717) is 12.5 Å². The summed E-state index contributed by atoms with van der Waals surface area (Å²) < 4.78 is 13.9. The molecule has 19 heavy (non-hydrogen) atoms. The number of aliphatic hydroxyl groups excluding tert-OH is 1. The van der Waals surface area contributed by atoms with Crippen LogP contribution in [0.5, 0.6) is 0 Å². The zero-order chi connectivity index (χ0) is 13.8. The molecule has 0 radical (unpaired) electrons. The zero-order valence-corrected chi connectivity index (χ0v) is 11.4. The molecule has 0 bridgehead atoms. The summed E-state index contributed by atoms with van der Waals surface area (Å²) in [6.07, 6.45) is 4.46. The second-order valence-corrected chi connectivity index (χ2v) is 4.93. The molecule has 0 aromatic carbocycles. The van der Waals surface area contributed by atoms with E-state index in [9.17, 15) is 9.50 Å². The fourth-order valence-corrected chi connectivity index (χ4v) is 2.55. The number of nitrogens with one attached hydrogen (secondary N) is 1. The normalized spacial score (nSPS) is 23.2. The number of rotatable bonds is 4. The van der Waals surface area contributed by atoms with E-state index in [0.717, 1.165) is 25.7 Å². The number of halogens is 1. The van der Waals surface area contributed by atoms with E-state index < -0.39 is 11.9 Å². The molecule has 1 aromatic heterocycles. The number of aliphatic hydroxyl groups is 1. The first-order valence-corrected chi connectivity index (χ1v) is 6.80. The molecule has 0 saturated heterocycles. The van der Waals surface area contributed by atoms with Crippen molar-refractivity contribution in [1.82, 2.24) is 9.97 Å². The molecule has 2 atom stereocenters. The van der Waals surface area contributed by atoms with Gasteiger partial charge in [-0.3, -0.25) is 0 Å². The average Bonchev–Trinajstić information content (AvgIpc) is 2.41. The molecule has 1 heterocycles. The van der Waals surface area contributed by atoms with Crippen molar-refractivity contribution in [3.05, 3.63) is 12.0 Å². The van der Waals surface area contributed by atoms with Gasteiger partial charge in [-0.15, -0.1) is 0 Å². The van der Waals surface area contributed by atoms with E-state index in [-0.39, 0.29) is 11.9 Å². The summed E-state index contributed by atoms with van der Waals surface area (Å²) in [5, 5.41) is 13.0. The molecule has 1 fully saturated rings. The third kappa shape index (κ3) is 3.12. The SMILES string of the molecule is CCNc1ncc(F)c(N(C)C2CCCCC2O)n1. The monoisotopic (exact) mass is 268 g/mol. The van der Waals surface area contributed by atoms with Gasteiger partial charge in [0.1, 0.15) is 0 Å². The van der Waals surface area contributed by atoms with Gasteiger partial charge >= 0.3 is 0 Å². The summed E-state index contributed by atoms with van der Waals surface area (Å²) in [6, 6.07) is -0.0763. The van der Waals surface area contributed by atoms with Crippen LogP contribution in [-0.4, -0.2) is 40.8 Å². The smallest absolute Gasteiger partial charge is 0.224 e. The molecule has 1 aromatic rings. The van der Waals surface area contributed by atoms with Gasteiger partial charge in [0, 0.05) is 13.6 Å². The quantitative estimate of drug-likeness (QED) is 0.871. The van der Waals surface area contributed by atoms with Gasteiger partial charge < -0.3 is 15.3 Å². The van der Waals surface area contributed by atoms with E-state index in [1.807, 2.05) is 6.92 Å². The van der Waals surface area contributed by atoms with E-state index in [4.69, 9.17) is 0 Å². The molecule has 1 aliphatic carbocycles. The molecular formula is C13H21FN4O. The number of aromatic nitrogens is 2. The Bertz CT molecular complexity index is 429. The molecule has 2 unspecified atom stereocenters. The first-order chi connectivity index (χ1) is 9.13. The van der Waals surface area contributed by atoms with Gasteiger partial charge in [-0.25, -0.2) is 9.37 Å². The lowest BCUT2D eigenvalue weighted by atomic mass is 9.91. The summed E-state index contributed by atoms with van der Waals surface area (Å²) in [4.78, 5) is 9.82. The summed E-state index contributed by atoms with van der Waals surface area (Å²) >= 11 is 0. The number of likely N-dealkylation sites (N-methyl/N-ethyl adjacent to an activating group) is 1. The van der Waals surface area contributed by atoms with Gasteiger partial charge in [0.2, 0.25) is 5.95 Å². The highest BCUT2D eigenvalue weighted by atomic mass is 19.1. The Balaban J connectivity index is 2.21. The van der Waals surface area contributed by atoms with Crippen LogP contribution in [0.15, 0.2) is 6.20 Å². The molecule has 2 rings (SSSR count). The van der Waals surface area contributed by atoms with Crippen LogP contribution in [0.25, 0.3) is 0 Å². The second kappa shape index (κ2) is 6.14. The summed E-state index contributed by atoms with van der Waals surface area (Å²) in [6.45, 7) is 2.61. The molecule has 0 aliphatic heterocycles. The average molecular weight is 268 g/mol. The van der Waals surface area contributed by atoms with E-state index >= 15 is 0 Å². The van der Waals surface area contributed by atoms with Crippen LogP contribution in [0.3, 0.4) is 0 Å². The van der Waals surface area contributed by atoms with Crippen molar-refractivity contribution in [1.29, 1.82) is 0 Å². The van der Waals surface area contributed by atoms with E-state index in [2.05, 4.69) is 15.3 Å². The van der Waals surface area contributed by atoms with Crippen LogP contribution < -0.4 is 10.2 Å². The largest absolute Gasteiger partial charge is 0.391 e. The summed E-state index contributed by atoms with van der Waals surface area (Å²) in [7, 11) is 1.78. The van der Waals surface area contributed by atoms with Crippen molar-refractivity contribution in [2.24, 2.45) is 0 Å². The van der Waals surface area contributed by atoms with Crippen molar-refractivity contribution in [2.75, 3.05) is 23.8 Å². The first kappa shape index (κ1) is 14.0. The highest BCUT2D eigenvalue weighted by molar-refractivity contribution is 5.44. The predicted molar refractivity (Wildman–Crippen MR) is 72.8 cm³/mol. The molecule has 5 nitrogen and oxygen atoms in total. The topological polar surface area (TPSA) is 61.3 Å². The number of hydrogen-bond donors (Lipinski definition) is 2. The summed E-state index contributed by atoms with van der Waals surface area (Å²) in [5.41, 5.74) is 0. The molecule has 1 saturated carbocycles. The van der Waals surface area contributed by atoms with Gasteiger partial charge in [-0.2, -0.15) is 4.98 Å². The fourth-order valence-electron chi connectivity index (χ4n) is 2.55. The van der Waals surface area contributed by atoms with Crippen molar-refractivity contribution in [3.8, 4) is 0 Å². The Kier molecular flexibility index (Phi) is 4.52. The Morgan fingerprint density at radius 1 is 1.47 bits per heavy atom. The van der Waals surface area contributed by atoms with E-state index in [1.165, 1.54) is 6.20 Å². The van der Waals surface area contributed by atoms with Crippen LogP contribution in [0.1, 0.15) is 32.6 Å². The lowest BCUT2D eigenvalue weighted by molar-refractivity contribution is 0.105. The lowest BCUT2D eigenvalue weighted by Gasteiger charge is -2.35. The van der Waals surface area contributed by atoms with Gasteiger partial charge in [0.05, 0.1) is 18.3 Å². The molecule has 2 N–H and O–H groups in total. The predicted octanol–water partition coefficient (Wildman–Crippen LogP) is 1.79. The van der Waals surface area contributed by atoms with Gasteiger partial charge in [-0.05, 0) is 19.8 Å². The third-order valence-electron chi connectivity index (χ3n) is 3.59. The number of anilines is 2. The Hall–Kier alpha value is -1.43. The van der Waals surface area contributed by atoms with Gasteiger partial charge in [0.25, 0.3) is 0 Å². The first-order valence-electron chi connectivity index (χ1n) is 6.80. The van der Waals surface area contributed by atoms with Gasteiger partial charge in [0.15, 0.2) is 11.6 Å². The van der Waals surface area contributed by atoms with Crippen molar-refractivity contribution in [3.63, 3.8) is 0 Å². The fraction of sp³-hybridized carbons (Fsp3) is 0.692. The van der Waals surface area contributed by atoms with Crippen LogP contribution in [0.2, 0.25) is 0 Å². The Labute approximate surface area is 112 Å². The number of nitrogens with zero attached hydrogens (tertiary/aromatic N) is 3. The highest BCUT2D eigenvalue weighted by Gasteiger charge is 2.29. The molecule has 1 aliphatic rings. The molecule has 6 heteroatoms. The Morgan fingerprint density at radius 3 is 2.89 bits per heavy atom. The van der Waals surface area contributed by atoms with Crippen LogP contribution in [0, 0.1) is 5.82 Å². The Morgan fingerprint density at radius 2 is 2.21 bits per heavy atom. The minimum Gasteiger partial charge on any atom is -0.391 e. The van der Waals surface area contributed by atoms with Crippen LogP contribution >= 0.6 is 0 Å². The maximum Gasteiger partial charge on any atom is 0.224 e. The minimum atomic E-state index is -0.457. The van der Waals surface area contributed by atoms with Crippen LogP contribution in [0.4, 0.5) is 16.2 Å². The molecule has 0 amide bonds. The van der Waals surface area contributed by atoms with Crippen molar-refractivity contribution >= 4 is 11.8 Å². The minimum absolute atomic E-state index is 0.0763. The maximum atomic E-state index is 13.9. The molecule has 0 spiro atoms. The van der Waals surface area contributed by atoms with Crippen LogP contribution in [-0.2, 0) is 0 Å². The maximum absolute atomic E-state index is 13.9. The van der Waals surface area contributed by atoms with Gasteiger partial charge in [-0.1, -0.05) is 12.8 Å². The lowest BCUT2D eigenvalue weighted by Crippen LogP contribution is -2.44. The standard InChI is InChI=1S/C13H21FN4O/c1-3-15-13-16-8-9(14)12(17-13)18(2)10-6-4-5-7-11(10)19/h8,10-11,19H,3-7H2,1-2H3,(H,15,16,17). The molecule has 106 valence electrons. The number of hydrogen-bond acceptors (Lipinski definition) is 5. The van der Waals surface area contributed by atoms with Crippen molar-refractivity contribution < 1.29 is 9.50 Å².